The summed E-state index contributed by atoms with van der Waals surface area (Å²) in [6.45, 7) is 3.78. The molecule has 1 aliphatic carbocycles. The molecule has 2 aliphatic rings. The Morgan fingerprint density at radius 2 is 1.83 bits per heavy atom. The van der Waals surface area contributed by atoms with Crippen molar-refractivity contribution in [1.82, 2.24) is 5.32 Å². The van der Waals surface area contributed by atoms with Gasteiger partial charge in [-0.15, -0.1) is 0 Å². The molecule has 2 N–H and O–H groups in total. The molecule has 1 aliphatic heterocycles. The molecular formula is C24H30FN2O3+. The second-order valence-electron chi connectivity index (χ2n) is 8.42. The van der Waals surface area contributed by atoms with Crippen molar-refractivity contribution >= 4 is 5.91 Å². The van der Waals surface area contributed by atoms with Crippen LogP contribution in [0.3, 0.4) is 0 Å². The molecule has 5 nitrogen and oxygen atoms in total. The lowest BCUT2D eigenvalue weighted by Crippen LogP contribution is -3.13. The first-order valence-electron chi connectivity index (χ1n) is 10.6. The van der Waals surface area contributed by atoms with Crippen molar-refractivity contribution in [3.8, 4) is 11.5 Å². The van der Waals surface area contributed by atoms with Crippen LogP contribution in [0.1, 0.15) is 42.5 Å². The first-order chi connectivity index (χ1) is 14.5. The zero-order chi connectivity index (χ0) is 21.3. The van der Waals surface area contributed by atoms with Crippen LogP contribution in [0.2, 0.25) is 0 Å². The molecule has 30 heavy (non-hydrogen) atoms. The molecule has 0 aromatic heterocycles. The molecule has 6 heteroatoms. The number of carbonyl (C=O) groups is 1. The zero-order valence-corrected chi connectivity index (χ0v) is 17.8. The van der Waals surface area contributed by atoms with Gasteiger partial charge in [0, 0.05) is 23.5 Å². The van der Waals surface area contributed by atoms with Gasteiger partial charge in [0.05, 0.1) is 26.8 Å². The van der Waals surface area contributed by atoms with Crippen LogP contribution < -0.4 is 19.7 Å². The Morgan fingerprint density at radius 3 is 2.47 bits per heavy atom. The molecule has 0 radical (unpaired) electrons. The van der Waals surface area contributed by atoms with E-state index in [-0.39, 0.29) is 29.7 Å². The molecule has 0 bridgehead atoms. The molecule has 1 amide bonds. The number of hydrogen-bond acceptors (Lipinski definition) is 3. The molecule has 0 spiro atoms. The predicted molar refractivity (Wildman–Crippen MR) is 112 cm³/mol. The average Bonchev–Trinajstić information content (AvgIpc) is 3.59. The fraction of sp³-hybridized carbons (Fsp3) is 0.458. The summed E-state index contributed by atoms with van der Waals surface area (Å²) >= 11 is 0. The van der Waals surface area contributed by atoms with Crippen molar-refractivity contribution in [2.24, 2.45) is 5.92 Å². The third kappa shape index (κ3) is 4.29. The maximum atomic E-state index is 13.4. The van der Waals surface area contributed by atoms with Gasteiger partial charge in [0.15, 0.2) is 11.5 Å². The van der Waals surface area contributed by atoms with Crippen molar-refractivity contribution in [1.29, 1.82) is 0 Å². The SMILES string of the molecule is COc1cc2c(cc1OC)[C@@H]([C@H](C)NC(=O)C1CC1)[NH+](Cc1ccc(F)cc1)CC2. The van der Waals surface area contributed by atoms with E-state index in [9.17, 15) is 9.18 Å². The van der Waals surface area contributed by atoms with E-state index < -0.39 is 0 Å². The fourth-order valence-electron chi connectivity index (χ4n) is 4.57. The van der Waals surface area contributed by atoms with Gasteiger partial charge in [0.1, 0.15) is 18.4 Å². The second-order valence-corrected chi connectivity index (χ2v) is 8.42. The molecule has 2 aromatic rings. The highest BCUT2D eigenvalue weighted by atomic mass is 19.1. The summed E-state index contributed by atoms with van der Waals surface area (Å²) in [6.07, 6.45) is 2.87. The van der Waals surface area contributed by atoms with Crippen LogP contribution in [0.4, 0.5) is 4.39 Å². The average molecular weight is 414 g/mol. The van der Waals surface area contributed by atoms with Crippen molar-refractivity contribution in [3.63, 3.8) is 0 Å². The minimum Gasteiger partial charge on any atom is -0.493 e. The molecule has 0 saturated heterocycles. The summed E-state index contributed by atoms with van der Waals surface area (Å²) in [6, 6.07) is 10.9. The maximum Gasteiger partial charge on any atom is 0.223 e. The lowest BCUT2D eigenvalue weighted by Gasteiger charge is -2.38. The quantitative estimate of drug-likeness (QED) is 0.733. The highest BCUT2D eigenvalue weighted by Crippen LogP contribution is 2.35. The predicted octanol–water partition coefficient (Wildman–Crippen LogP) is 2.44. The van der Waals surface area contributed by atoms with E-state index in [0.717, 1.165) is 43.7 Å². The van der Waals surface area contributed by atoms with Crippen LogP contribution in [0.5, 0.6) is 11.5 Å². The number of nitrogens with one attached hydrogen (secondary N) is 2. The Labute approximate surface area is 177 Å². The Morgan fingerprint density at radius 1 is 1.17 bits per heavy atom. The van der Waals surface area contributed by atoms with Crippen LogP contribution >= 0.6 is 0 Å². The molecule has 1 unspecified atom stereocenters. The lowest BCUT2D eigenvalue weighted by molar-refractivity contribution is -0.948. The van der Waals surface area contributed by atoms with Gasteiger partial charge >= 0.3 is 0 Å². The Bertz CT molecular complexity index is 911. The van der Waals surface area contributed by atoms with Crippen molar-refractivity contribution in [2.45, 2.75) is 44.8 Å². The minimum absolute atomic E-state index is 0.0364. The number of rotatable bonds is 7. The summed E-state index contributed by atoms with van der Waals surface area (Å²) in [5, 5.41) is 3.25. The largest absolute Gasteiger partial charge is 0.493 e. The molecule has 1 fully saturated rings. The molecule has 160 valence electrons. The summed E-state index contributed by atoms with van der Waals surface area (Å²) in [5.41, 5.74) is 3.49. The van der Waals surface area contributed by atoms with Gasteiger partial charge in [-0.25, -0.2) is 4.39 Å². The normalized spacial score (nSPS) is 21.5. The van der Waals surface area contributed by atoms with Gasteiger partial charge in [0.25, 0.3) is 0 Å². The van der Waals surface area contributed by atoms with Gasteiger partial charge in [-0.05, 0) is 49.6 Å². The van der Waals surface area contributed by atoms with Gasteiger partial charge in [-0.3, -0.25) is 4.79 Å². The number of halogens is 1. The van der Waals surface area contributed by atoms with Crippen molar-refractivity contribution in [2.75, 3.05) is 20.8 Å². The third-order valence-electron chi connectivity index (χ3n) is 6.30. The fourth-order valence-corrected chi connectivity index (χ4v) is 4.57. The van der Waals surface area contributed by atoms with Gasteiger partial charge in [-0.1, -0.05) is 12.1 Å². The van der Waals surface area contributed by atoms with Crippen LogP contribution in [-0.2, 0) is 17.8 Å². The summed E-state index contributed by atoms with van der Waals surface area (Å²) in [7, 11) is 3.29. The molecule has 1 saturated carbocycles. The van der Waals surface area contributed by atoms with Gasteiger partial charge < -0.3 is 19.7 Å². The topological polar surface area (TPSA) is 52.0 Å². The van der Waals surface area contributed by atoms with E-state index in [0.29, 0.717) is 5.75 Å². The number of fused-ring (bicyclic) bond motifs is 1. The van der Waals surface area contributed by atoms with Crippen LogP contribution in [-0.4, -0.2) is 32.7 Å². The first kappa shape index (κ1) is 20.7. The number of quaternary nitrogens is 1. The van der Waals surface area contributed by atoms with Crippen LogP contribution in [0.25, 0.3) is 0 Å². The number of benzene rings is 2. The first-order valence-corrected chi connectivity index (χ1v) is 10.6. The van der Waals surface area contributed by atoms with E-state index in [4.69, 9.17) is 9.47 Å². The molecular weight excluding hydrogens is 383 g/mol. The van der Waals surface area contributed by atoms with Crippen LogP contribution in [0.15, 0.2) is 36.4 Å². The second kappa shape index (κ2) is 8.64. The molecule has 3 atom stereocenters. The van der Waals surface area contributed by atoms with Gasteiger partial charge in [0.2, 0.25) is 5.91 Å². The number of hydrogen-bond donors (Lipinski definition) is 2. The number of carbonyl (C=O) groups excluding carboxylic acids is 1. The molecule has 1 heterocycles. The Hall–Kier alpha value is -2.60. The van der Waals surface area contributed by atoms with E-state index in [1.165, 1.54) is 28.2 Å². The lowest BCUT2D eigenvalue weighted by atomic mass is 9.87. The monoisotopic (exact) mass is 413 g/mol. The number of amides is 1. The highest BCUT2D eigenvalue weighted by Gasteiger charge is 2.39. The smallest absolute Gasteiger partial charge is 0.223 e. The maximum absolute atomic E-state index is 13.4. The molecule has 4 rings (SSSR count). The standard InChI is InChI=1S/C24H29FN2O3/c1-15(26-24(28)17-6-7-17)23-20-13-22(30-3)21(29-2)12-18(20)10-11-27(23)14-16-4-8-19(25)9-5-16/h4-5,8-9,12-13,15,17,23H,6-7,10-11,14H2,1-3H3,(H,26,28)/p+1/t15-,23+/m0/s1. The number of methoxy groups -OCH3 is 2. The highest BCUT2D eigenvalue weighted by molar-refractivity contribution is 5.81. The number of ether oxygens (including phenoxy) is 2. The van der Waals surface area contributed by atoms with Crippen molar-refractivity contribution < 1.29 is 23.6 Å². The Kier molecular flexibility index (Phi) is 5.95. The van der Waals surface area contributed by atoms with Crippen molar-refractivity contribution in [3.05, 3.63) is 58.9 Å². The van der Waals surface area contributed by atoms with Crippen LogP contribution in [0, 0.1) is 11.7 Å². The molecule has 2 aromatic carbocycles. The van der Waals surface area contributed by atoms with E-state index in [2.05, 4.69) is 24.4 Å². The van der Waals surface area contributed by atoms with E-state index in [1.54, 1.807) is 14.2 Å². The zero-order valence-electron chi connectivity index (χ0n) is 17.8. The van der Waals surface area contributed by atoms with Gasteiger partial charge in [-0.2, -0.15) is 0 Å². The third-order valence-corrected chi connectivity index (χ3v) is 6.30. The minimum atomic E-state index is -0.226. The Balaban J connectivity index is 1.67. The summed E-state index contributed by atoms with van der Waals surface area (Å²) in [4.78, 5) is 13.8. The summed E-state index contributed by atoms with van der Waals surface area (Å²) < 4.78 is 24.4. The van der Waals surface area contributed by atoms with E-state index in [1.807, 2.05) is 12.1 Å². The van der Waals surface area contributed by atoms with E-state index >= 15 is 0 Å². The summed E-state index contributed by atoms with van der Waals surface area (Å²) in [5.74, 6) is 1.52.